The first-order valence-corrected chi connectivity index (χ1v) is 6.12. The number of hydrogen-bond acceptors (Lipinski definition) is 3. The summed E-state index contributed by atoms with van der Waals surface area (Å²) in [5.41, 5.74) is 7.69. The Morgan fingerprint density at radius 1 is 1.37 bits per heavy atom. The van der Waals surface area contributed by atoms with Gasteiger partial charge in [0.15, 0.2) is 0 Å². The lowest BCUT2D eigenvalue weighted by Crippen LogP contribution is -2.31. The molecular formula is C14H18N4O. The largest absolute Gasteiger partial charge is 0.396 e. The van der Waals surface area contributed by atoms with Gasteiger partial charge < -0.3 is 10.6 Å². The maximum absolute atomic E-state index is 12.4. The molecule has 0 bridgehead atoms. The van der Waals surface area contributed by atoms with Gasteiger partial charge in [0.25, 0.3) is 5.91 Å². The quantitative estimate of drug-likeness (QED) is 0.913. The van der Waals surface area contributed by atoms with E-state index in [-0.39, 0.29) is 11.9 Å². The zero-order valence-corrected chi connectivity index (χ0v) is 11.4. The summed E-state index contributed by atoms with van der Waals surface area (Å²) >= 11 is 0. The van der Waals surface area contributed by atoms with E-state index in [0.717, 1.165) is 5.56 Å². The summed E-state index contributed by atoms with van der Waals surface area (Å²) in [5, 5.41) is 4.00. The summed E-state index contributed by atoms with van der Waals surface area (Å²) in [6.45, 7) is 1.99. The monoisotopic (exact) mass is 258 g/mol. The van der Waals surface area contributed by atoms with Crippen molar-refractivity contribution in [2.75, 3.05) is 12.8 Å². The molecule has 0 aliphatic carbocycles. The molecule has 1 amide bonds. The van der Waals surface area contributed by atoms with Crippen LogP contribution in [-0.2, 0) is 7.05 Å². The van der Waals surface area contributed by atoms with Crippen molar-refractivity contribution in [3.63, 3.8) is 0 Å². The van der Waals surface area contributed by atoms with Gasteiger partial charge in [0.05, 0.1) is 17.9 Å². The molecule has 0 radical (unpaired) electrons. The van der Waals surface area contributed by atoms with Gasteiger partial charge in [0.2, 0.25) is 0 Å². The van der Waals surface area contributed by atoms with Gasteiger partial charge >= 0.3 is 0 Å². The lowest BCUT2D eigenvalue weighted by molar-refractivity contribution is 0.0732. The molecule has 1 aromatic heterocycles. The van der Waals surface area contributed by atoms with Gasteiger partial charge in [-0.2, -0.15) is 5.10 Å². The minimum Gasteiger partial charge on any atom is -0.396 e. The second-order valence-electron chi connectivity index (χ2n) is 4.57. The second-order valence-corrected chi connectivity index (χ2v) is 4.57. The van der Waals surface area contributed by atoms with Crippen LogP contribution in [0.25, 0.3) is 0 Å². The van der Waals surface area contributed by atoms with Crippen molar-refractivity contribution in [3.05, 3.63) is 47.8 Å². The minimum absolute atomic E-state index is 0.0250. The average molecular weight is 258 g/mol. The Bertz CT molecular complexity index is 557. The van der Waals surface area contributed by atoms with Gasteiger partial charge in [-0.25, -0.2) is 0 Å². The highest BCUT2D eigenvalue weighted by Crippen LogP contribution is 2.22. The van der Waals surface area contributed by atoms with E-state index in [2.05, 4.69) is 5.10 Å². The van der Waals surface area contributed by atoms with E-state index in [0.29, 0.717) is 11.4 Å². The van der Waals surface area contributed by atoms with Crippen LogP contribution in [0, 0.1) is 0 Å². The van der Waals surface area contributed by atoms with Crippen molar-refractivity contribution >= 4 is 11.6 Å². The first-order valence-electron chi connectivity index (χ1n) is 6.12. The van der Waals surface area contributed by atoms with E-state index >= 15 is 0 Å². The summed E-state index contributed by atoms with van der Waals surface area (Å²) in [5.74, 6) is -0.131. The molecule has 19 heavy (non-hydrogen) atoms. The molecule has 2 N–H and O–H groups in total. The predicted molar refractivity (Wildman–Crippen MR) is 74.6 cm³/mol. The molecule has 1 unspecified atom stereocenters. The van der Waals surface area contributed by atoms with Crippen LogP contribution in [0.4, 0.5) is 5.69 Å². The molecule has 1 heterocycles. The lowest BCUT2D eigenvalue weighted by atomic mass is 10.1. The molecule has 0 aliphatic heterocycles. The smallest absolute Gasteiger partial charge is 0.274 e. The number of nitrogen functional groups attached to an aromatic ring is 1. The molecule has 100 valence electrons. The number of amides is 1. The zero-order valence-electron chi connectivity index (χ0n) is 11.4. The molecular weight excluding hydrogens is 240 g/mol. The number of hydrogen-bond donors (Lipinski definition) is 1. The first-order chi connectivity index (χ1) is 9.02. The third kappa shape index (κ3) is 2.45. The van der Waals surface area contributed by atoms with Crippen molar-refractivity contribution in [1.82, 2.24) is 14.7 Å². The molecule has 1 atom stereocenters. The van der Waals surface area contributed by atoms with Gasteiger partial charge in [-0.15, -0.1) is 0 Å². The van der Waals surface area contributed by atoms with E-state index in [1.165, 1.54) is 10.9 Å². The molecule has 0 spiro atoms. The molecule has 0 aliphatic rings. The normalized spacial score (nSPS) is 12.2. The molecule has 5 heteroatoms. The van der Waals surface area contributed by atoms with Crippen LogP contribution < -0.4 is 5.73 Å². The lowest BCUT2D eigenvalue weighted by Gasteiger charge is -2.25. The summed E-state index contributed by atoms with van der Waals surface area (Å²) in [7, 11) is 3.48. The molecule has 0 fully saturated rings. The second kappa shape index (κ2) is 5.14. The third-order valence-electron chi connectivity index (χ3n) is 3.35. The fourth-order valence-corrected chi connectivity index (χ4v) is 2.01. The fourth-order valence-electron chi connectivity index (χ4n) is 2.01. The van der Waals surface area contributed by atoms with Crippen LogP contribution in [0.3, 0.4) is 0 Å². The van der Waals surface area contributed by atoms with Crippen LogP contribution in [-0.4, -0.2) is 27.6 Å². The van der Waals surface area contributed by atoms with E-state index < -0.39 is 0 Å². The maximum atomic E-state index is 12.4. The Balaban J connectivity index is 2.25. The van der Waals surface area contributed by atoms with Gasteiger partial charge in [-0.3, -0.25) is 9.48 Å². The van der Waals surface area contributed by atoms with Crippen molar-refractivity contribution in [1.29, 1.82) is 0 Å². The molecule has 2 rings (SSSR count). The van der Waals surface area contributed by atoms with E-state index in [9.17, 15) is 4.79 Å². The van der Waals surface area contributed by atoms with Gasteiger partial charge in [0, 0.05) is 14.1 Å². The Morgan fingerprint density at radius 3 is 2.53 bits per heavy atom. The van der Waals surface area contributed by atoms with Crippen molar-refractivity contribution in [3.8, 4) is 0 Å². The highest BCUT2D eigenvalue weighted by atomic mass is 16.2. The summed E-state index contributed by atoms with van der Waals surface area (Å²) in [6, 6.07) is 9.85. The summed E-state index contributed by atoms with van der Waals surface area (Å²) in [4.78, 5) is 14.1. The first kappa shape index (κ1) is 13.1. The number of nitrogens with two attached hydrogens (primary N) is 1. The van der Waals surface area contributed by atoms with Crippen LogP contribution in [0.1, 0.15) is 29.0 Å². The molecule has 1 aromatic carbocycles. The molecule has 2 aromatic rings. The number of anilines is 1. The molecule has 0 saturated heterocycles. The number of aryl methyl sites for hydroxylation is 1. The minimum atomic E-state index is -0.131. The van der Waals surface area contributed by atoms with E-state index in [4.69, 9.17) is 5.73 Å². The zero-order chi connectivity index (χ0) is 14.0. The number of carbonyl (C=O) groups is 1. The number of nitrogens with zero attached hydrogens (tertiary/aromatic N) is 3. The third-order valence-corrected chi connectivity index (χ3v) is 3.35. The number of benzene rings is 1. The highest BCUT2D eigenvalue weighted by molar-refractivity contribution is 5.97. The highest BCUT2D eigenvalue weighted by Gasteiger charge is 2.23. The number of carbonyl (C=O) groups excluding carboxylic acids is 1. The van der Waals surface area contributed by atoms with Crippen molar-refractivity contribution in [2.45, 2.75) is 13.0 Å². The van der Waals surface area contributed by atoms with Crippen LogP contribution in [0.2, 0.25) is 0 Å². The Morgan fingerprint density at radius 2 is 2.00 bits per heavy atom. The van der Waals surface area contributed by atoms with Gasteiger partial charge in [-0.1, -0.05) is 30.3 Å². The summed E-state index contributed by atoms with van der Waals surface area (Å²) in [6.07, 6.45) is 1.49. The van der Waals surface area contributed by atoms with Crippen LogP contribution in [0.15, 0.2) is 36.5 Å². The predicted octanol–water partition coefficient (Wildman–Crippen LogP) is 1.84. The SMILES string of the molecule is CC(c1ccccc1)N(C)C(=O)c1c(N)cnn1C. The summed E-state index contributed by atoms with van der Waals surface area (Å²) < 4.78 is 1.51. The molecule has 0 saturated carbocycles. The number of rotatable bonds is 3. The fraction of sp³-hybridized carbons (Fsp3) is 0.286. The van der Waals surface area contributed by atoms with E-state index in [1.54, 1.807) is 19.0 Å². The van der Waals surface area contributed by atoms with Crippen LogP contribution >= 0.6 is 0 Å². The topological polar surface area (TPSA) is 64.2 Å². The standard InChI is InChI=1S/C14H18N4O/c1-10(11-7-5-4-6-8-11)17(2)14(19)13-12(15)9-16-18(13)3/h4-10H,15H2,1-3H3. The van der Waals surface area contributed by atoms with Gasteiger partial charge in [-0.05, 0) is 12.5 Å². The maximum Gasteiger partial charge on any atom is 0.274 e. The Kier molecular flexibility index (Phi) is 3.55. The number of aromatic nitrogens is 2. The Labute approximate surface area is 112 Å². The Hall–Kier alpha value is -2.30. The van der Waals surface area contributed by atoms with Crippen molar-refractivity contribution in [2.24, 2.45) is 7.05 Å². The van der Waals surface area contributed by atoms with Gasteiger partial charge in [0.1, 0.15) is 5.69 Å². The van der Waals surface area contributed by atoms with E-state index in [1.807, 2.05) is 37.3 Å². The van der Waals surface area contributed by atoms with Crippen molar-refractivity contribution < 1.29 is 4.79 Å². The molecule has 5 nitrogen and oxygen atoms in total. The average Bonchev–Trinajstić information content (AvgIpc) is 2.77. The van der Waals surface area contributed by atoms with Crippen LogP contribution in [0.5, 0.6) is 0 Å².